The van der Waals surface area contributed by atoms with Crippen LogP contribution < -0.4 is 5.73 Å². The molecule has 1 aromatic rings. The number of nitrogens with two attached hydrogens (primary N) is 1. The van der Waals surface area contributed by atoms with Crippen LogP contribution in [0.3, 0.4) is 0 Å². The predicted molar refractivity (Wildman–Crippen MR) is 66.8 cm³/mol. The molecule has 1 aliphatic carbocycles. The fraction of sp³-hybridized carbons (Fsp3) is 0.846. The summed E-state index contributed by atoms with van der Waals surface area (Å²) in [6, 6.07) is 0. The van der Waals surface area contributed by atoms with Crippen LogP contribution in [0.5, 0.6) is 0 Å². The highest BCUT2D eigenvalue weighted by Gasteiger charge is 2.26. The number of hydrogen-bond acceptors (Lipinski definition) is 4. The third-order valence-corrected chi connectivity index (χ3v) is 4.04. The maximum Gasteiger partial charge on any atom is 0.229 e. The Morgan fingerprint density at radius 1 is 1.35 bits per heavy atom. The van der Waals surface area contributed by atoms with Crippen LogP contribution in [-0.4, -0.2) is 16.7 Å². The second-order valence-corrected chi connectivity index (χ2v) is 5.25. The normalized spacial score (nSPS) is 27.0. The fourth-order valence-corrected chi connectivity index (χ4v) is 2.44. The molecule has 1 unspecified atom stereocenters. The molecule has 0 radical (unpaired) electrons. The quantitative estimate of drug-likeness (QED) is 0.874. The molecule has 0 bridgehead atoms. The van der Waals surface area contributed by atoms with E-state index in [0.29, 0.717) is 17.8 Å². The molecule has 17 heavy (non-hydrogen) atoms. The van der Waals surface area contributed by atoms with E-state index < -0.39 is 0 Å². The maximum atomic E-state index is 5.70. The van der Waals surface area contributed by atoms with E-state index in [2.05, 4.69) is 24.0 Å². The fourth-order valence-electron chi connectivity index (χ4n) is 2.44. The van der Waals surface area contributed by atoms with Gasteiger partial charge in [0, 0.05) is 11.8 Å². The molecule has 0 amide bonds. The maximum absolute atomic E-state index is 5.70. The van der Waals surface area contributed by atoms with Gasteiger partial charge >= 0.3 is 0 Å². The van der Waals surface area contributed by atoms with E-state index in [9.17, 15) is 0 Å². The molecule has 1 fully saturated rings. The van der Waals surface area contributed by atoms with Gasteiger partial charge in [0.1, 0.15) is 0 Å². The summed E-state index contributed by atoms with van der Waals surface area (Å²) in [6.07, 6.45) is 5.73. The minimum absolute atomic E-state index is 0.396. The van der Waals surface area contributed by atoms with Crippen LogP contribution in [0.15, 0.2) is 4.52 Å². The number of rotatable bonds is 4. The summed E-state index contributed by atoms with van der Waals surface area (Å²) in [5.74, 6) is 3.26. The van der Waals surface area contributed by atoms with E-state index in [1.165, 1.54) is 12.8 Å². The molecule has 0 saturated heterocycles. The van der Waals surface area contributed by atoms with Crippen LogP contribution in [0.2, 0.25) is 0 Å². The van der Waals surface area contributed by atoms with Crippen molar-refractivity contribution in [2.24, 2.45) is 11.7 Å². The van der Waals surface area contributed by atoms with Gasteiger partial charge in [0.05, 0.1) is 0 Å². The average Bonchev–Trinajstić information content (AvgIpc) is 2.87. The van der Waals surface area contributed by atoms with E-state index in [0.717, 1.165) is 37.5 Å². The zero-order valence-corrected chi connectivity index (χ0v) is 10.9. The van der Waals surface area contributed by atoms with Crippen molar-refractivity contribution in [3.05, 3.63) is 11.7 Å². The molecule has 4 nitrogen and oxygen atoms in total. The van der Waals surface area contributed by atoms with Gasteiger partial charge in [-0.15, -0.1) is 0 Å². The summed E-state index contributed by atoms with van der Waals surface area (Å²) in [5.41, 5.74) is 5.70. The predicted octanol–water partition coefficient (Wildman–Crippen LogP) is 2.82. The van der Waals surface area contributed by atoms with Crippen LogP contribution in [-0.2, 0) is 0 Å². The summed E-state index contributed by atoms with van der Waals surface area (Å²) in [7, 11) is 0. The molecule has 1 aliphatic rings. The van der Waals surface area contributed by atoms with Gasteiger partial charge in [-0.3, -0.25) is 0 Å². The highest BCUT2D eigenvalue weighted by molar-refractivity contribution is 4.99. The van der Waals surface area contributed by atoms with Crippen molar-refractivity contribution in [1.82, 2.24) is 10.1 Å². The highest BCUT2D eigenvalue weighted by atomic mass is 16.5. The third-order valence-electron chi connectivity index (χ3n) is 4.04. The number of hydrogen-bond donors (Lipinski definition) is 1. The molecule has 4 heteroatoms. The molecule has 2 N–H and O–H groups in total. The van der Waals surface area contributed by atoms with E-state index in [4.69, 9.17) is 10.3 Å². The van der Waals surface area contributed by atoms with E-state index >= 15 is 0 Å². The lowest BCUT2D eigenvalue weighted by Gasteiger charge is -2.24. The Morgan fingerprint density at radius 2 is 2.06 bits per heavy atom. The van der Waals surface area contributed by atoms with Crippen molar-refractivity contribution in [3.63, 3.8) is 0 Å². The van der Waals surface area contributed by atoms with Crippen LogP contribution in [0, 0.1) is 5.92 Å². The largest absolute Gasteiger partial charge is 0.339 e. The monoisotopic (exact) mass is 237 g/mol. The molecular weight excluding hydrogens is 214 g/mol. The van der Waals surface area contributed by atoms with Crippen molar-refractivity contribution in [1.29, 1.82) is 0 Å². The van der Waals surface area contributed by atoms with E-state index in [-0.39, 0.29) is 0 Å². The zero-order chi connectivity index (χ0) is 12.3. The minimum atomic E-state index is 0.396. The summed E-state index contributed by atoms with van der Waals surface area (Å²) >= 11 is 0. The topological polar surface area (TPSA) is 64.9 Å². The summed E-state index contributed by atoms with van der Waals surface area (Å²) in [4.78, 5) is 4.55. The van der Waals surface area contributed by atoms with Crippen molar-refractivity contribution in [3.8, 4) is 0 Å². The lowest BCUT2D eigenvalue weighted by Crippen LogP contribution is -2.20. The van der Waals surface area contributed by atoms with E-state index in [1.54, 1.807) is 0 Å². The SMILES string of the molecule is CCC(C)c1noc(C2CCC(CN)CC2)n1. The average molecular weight is 237 g/mol. The first-order valence-corrected chi connectivity index (χ1v) is 6.78. The lowest BCUT2D eigenvalue weighted by atomic mass is 9.82. The Hall–Kier alpha value is -0.900. The molecule has 2 rings (SSSR count). The second-order valence-electron chi connectivity index (χ2n) is 5.25. The van der Waals surface area contributed by atoms with E-state index in [1.807, 2.05) is 0 Å². The van der Waals surface area contributed by atoms with Crippen molar-refractivity contribution >= 4 is 0 Å². The summed E-state index contributed by atoms with van der Waals surface area (Å²) in [6.45, 7) is 5.10. The van der Waals surface area contributed by atoms with Crippen molar-refractivity contribution < 1.29 is 4.52 Å². The molecule has 1 heterocycles. The van der Waals surface area contributed by atoms with Crippen LogP contribution >= 0.6 is 0 Å². The molecule has 1 saturated carbocycles. The summed E-state index contributed by atoms with van der Waals surface area (Å²) in [5, 5.41) is 4.09. The number of aromatic nitrogens is 2. The van der Waals surface area contributed by atoms with Gasteiger partial charge in [-0.05, 0) is 44.6 Å². The van der Waals surface area contributed by atoms with Crippen LogP contribution in [0.4, 0.5) is 0 Å². The van der Waals surface area contributed by atoms with Gasteiger partial charge in [-0.1, -0.05) is 19.0 Å². The Kier molecular flexibility index (Phi) is 4.15. The van der Waals surface area contributed by atoms with Crippen LogP contribution in [0.1, 0.15) is 69.5 Å². The Labute approximate surface area is 103 Å². The zero-order valence-electron chi connectivity index (χ0n) is 10.9. The van der Waals surface area contributed by atoms with Crippen molar-refractivity contribution in [2.45, 2.75) is 57.8 Å². The smallest absolute Gasteiger partial charge is 0.229 e. The minimum Gasteiger partial charge on any atom is -0.339 e. The van der Waals surface area contributed by atoms with Gasteiger partial charge in [-0.25, -0.2) is 0 Å². The first kappa shape index (κ1) is 12.6. The molecule has 1 atom stereocenters. The Bertz CT molecular complexity index is 342. The number of nitrogens with zero attached hydrogens (tertiary/aromatic N) is 2. The van der Waals surface area contributed by atoms with Gasteiger partial charge in [0.15, 0.2) is 5.82 Å². The highest BCUT2D eigenvalue weighted by Crippen LogP contribution is 2.34. The third kappa shape index (κ3) is 2.86. The Morgan fingerprint density at radius 3 is 2.65 bits per heavy atom. The van der Waals surface area contributed by atoms with Crippen molar-refractivity contribution in [2.75, 3.05) is 6.54 Å². The second kappa shape index (κ2) is 5.63. The van der Waals surface area contributed by atoms with Gasteiger partial charge in [0.25, 0.3) is 0 Å². The first-order chi connectivity index (χ1) is 8.24. The Balaban J connectivity index is 1.97. The van der Waals surface area contributed by atoms with Gasteiger partial charge in [-0.2, -0.15) is 4.98 Å². The van der Waals surface area contributed by atoms with Gasteiger partial charge < -0.3 is 10.3 Å². The first-order valence-electron chi connectivity index (χ1n) is 6.78. The molecule has 1 aromatic heterocycles. The molecule has 0 spiro atoms. The lowest BCUT2D eigenvalue weighted by molar-refractivity contribution is 0.273. The van der Waals surface area contributed by atoms with Crippen LogP contribution in [0.25, 0.3) is 0 Å². The molecule has 96 valence electrons. The molecule has 0 aromatic carbocycles. The molecule has 0 aliphatic heterocycles. The van der Waals surface area contributed by atoms with Gasteiger partial charge in [0.2, 0.25) is 5.89 Å². The summed E-state index contributed by atoms with van der Waals surface area (Å²) < 4.78 is 5.40. The molecular formula is C13H23N3O. The standard InChI is InChI=1S/C13H23N3O/c1-3-9(2)12-15-13(17-16-12)11-6-4-10(8-14)5-7-11/h9-11H,3-8,14H2,1-2H3.